The molecule has 1 aromatic carbocycles. The average molecular weight is 489 g/mol. The highest BCUT2D eigenvalue weighted by Gasteiger charge is 2.36. The van der Waals surface area contributed by atoms with Crippen LogP contribution in [0, 0.1) is 0 Å². The van der Waals surface area contributed by atoms with E-state index in [1.165, 1.54) is 28.0 Å². The van der Waals surface area contributed by atoms with Crippen LogP contribution in [0.1, 0.15) is 47.1 Å². The van der Waals surface area contributed by atoms with E-state index in [0.717, 1.165) is 12.1 Å². The number of hydrogen-bond donors (Lipinski definition) is 2. The van der Waals surface area contributed by atoms with Crippen molar-refractivity contribution in [3.63, 3.8) is 0 Å². The van der Waals surface area contributed by atoms with Crippen LogP contribution in [0.15, 0.2) is 30.6 Å². The fourth-order valence-electron chi connectivity index (χ4n) is 3.37. The van der Waals surface area contributed by atoms with Crippen LogP contribution < -0.4 is 10.6 Å². The molecule has 172 valence electrons. The number of carbonyl (C=O) groups excluding carboxylic acids is 2. The summed E-state index contributed by atoms with van der Waals surface area (Å²) in [5, 5.41) is 3.74. The van der Waals surface area contributed by atoms with Crippen LogP contribution in [0.3, 0.4) is 0 Å². The Hall–Kier alpha value is -2.99. The monoisotopic (exact) mass is 488 g/mol. The minimum Gasteiger partial charge on any atom is -0.363 e. The Morgan fingerprint density at radius 2 is 2.00 bits per heavy atom. The molecule has 3 heterocycles. The number of benzene rings is 1. The quantitative estimate of drug-likeness (QED) is 0.580. The lowest BCUT2D eigenvalue weighted by atomic mass is 10.1. The summed E-state index contributed by atoms with van der Waals surface area (Å²) in [4.78, 5) is 32.5. The van der Waals surface area contributed by atoms with E-state index in [-0.39, 0.29) is 50.7 Å². The molecule has 0 bridgehead atoms. The first kappa shape index (κ1) is 25.3. The molecule has 1 aliphatic heterocycles. The zero-order chi connectivity index (χ0) is 21.8. The van der Waals surface area contributed by atoms with Crippen LogP contribution in [0.5, 0.6) is 0 Å². The second-order valence-electron chi connectivity index (χ2n) is 6.79. The van der Waals surface area contributed by atoms with Crippen molar-refractivity contribution in [3.8, 4) is 11.3 Å². The van der Waals surface area contributed by atoms with Gasteiger partial charge in [-0.2, -0.15) is 31.8 Å². The zero-order valence-electron chi connectivity index (χ0n) is 15.9. The third kappa shape index (κ3) is 4.19. The lowest BCUT2D eigenvalue weighted by molar-refractivity contribution is -0.137. The molecule has 13 heteroatoms. The normalized spacial score (nSPS) is 15.6. The standard InChI is InChI=1S/C18H14ClF3N6O2.CH4.H2S/c1-8-7-27(9-2-3-11(12(19)4-9)18(20,21)22)17(30)14-10(5-25-28(8)14)13-6-24-16(26-13)15(23)29;;/h2-6,8H,7H2,1H3,(H2,23,29)(H,24,26);1H4;1H2/t8-;;/m0../s1. The molecule has 0 saturated heterocycles. The average Bonchev–Trinajstić information content (AvgIpc) is 3.30. The van der Waals surface area contributed by atoms with Gasteiger partial charge in [-0.25, -0.2) is 4.98 Å². The third-order valence-electron chi connectivity index (χ3n) is 4.78. The number of aromatic amines is 1. The number of imidazole rings is 1. The molecule has 8 nitrogen and oxygen atoms in total. The summed E-state index contributed by atoms with van der Waals surface area (Å²) >= 11 is 5.82. The van der Waals surface area contributed by atoms with Crippen LogP contribution >= 0.6 is 25.1 Å². The molecule has 2 amide bonds. The number of carbonyl (C=O) groups is 2. The molecule has 3 N–H and O–H groups in total. The number of amides is 2. The highest BCUT2D eigenvalue weighted by Crippen LogP contribution is 2.38. The molecule has 0 spiro atoms. The van der Waals surface area contributed by atoms with Crippen molar-refractivity contribution in [2.45, 2.75) is 26.6 Å². The molecule has 0 aliphatic carbocycles. The first-order chi connectivity index (χ1) is 14.1. The smallest absolute Gasteiger partial charge is 0.363 e. The summed E-state index contributed by atoms with van der Waals surface area (Å²) in [6.07, 6.45) is -1.80. The first-order valence-corrected chi connectivity index (χ1v) is 9.07. The fraction of sp³-hybridized carbons (Fsp3) is 0.263. The van der Waals surface area contributed by atoms with Crippen molar-refractivity contribution >= 4 is 42.6 Å². The van der Waals surface area contributed by atoms with Crippen LogP contribution in [0.2, 0.25) is 5.02 Å². The number of alkyl halides is 3. The van der Waals surface area contributed by atoms with Crippen LogP contribution in [0.4, 0.5) is 18.9 Å². The van der Waals surface area contributed by atoms with Gasteiger partial charge >= 0.3 is 6.18 Å². The molecular weight excluding hydrogens is 469 g/mol. The van der Waals surface area contributed by atoms with Gasteiger partial charge in [0.2, 0.25) is 0 Å². The van der Waals surface area contributed by atoms with Crippen LogP contribution in [0.25, 0.3) is 11.3 Å². The van der Waals surface area contributed by atoms with Crippen molar-refractivity contribution in [1.29, 1.82) is 0 Å². The molecule has 1 atom stereocenters. The van der Waals surface area contributed by atoms with Crippen LogP contribution in [-0.2, 0) is 6.18 Å². The number of H-pyrrole nitrogens is 1. The van der Waals surface area contributed by atoms with Gasteiger partial charge in [-0.15, -0.1) is 0 Å². The van der Waals surface area contributed by atoms with Crippen molar-refractivity contribution in [2.75, 3.05) is 11.4 Å². The summed E-state index contributed by atoms with van der Waals surface area (Å²) in [6.45, 7) is 2.00. The van der Waals surface area contributed by atoms with E-state index in [1.54, 1.807) is 0 Å². The number of halogens is 4. The number of aromatic nitrogens is 4. The lowest BCUT2D eigenvalue weighted by Gasteiger charge is -2.32. The Morgan fingerprint density at radius 1 is 1.31 bits per heavy atom. The number of fused-ring (bicyclic) bond motifs is 1. The second kappa shape index (κ2) is 8.87. The van der Waals surface area contributed by atoms with Gasteiger partial charge in [0.25, 0.3) is 11.8 Å². The Balaban J connectivity index is 0.00000181. The Labute approximate surface area is 193 Å². The largest absolute Gasteiger partial charge is 0.417 e. The van der Waals surface area contributed by atoms with E-state index in [4.69, 9.17) is 17.3 Å². The molecule has 0 radical (unpaired) electrons. The van der Waals surface area contributed by atoms with Gasteiger partial charge in [-0.1, -0.05) is 19.0 Å². The summed E-state index contributed by atoms with van der Waals surface area (Å²) in [6, 6.07) is 2.89. The predicted molar refractivity (Wildman–Crippen MR) is 118 cm³/mol. The van der Waals surface area contributed by atoms with Crippen molar-refractivity contribution < 1.29 is 22.8 Å². The summed E-state index contributed by atoms with van der Waals surface area (Å²) in [7, 11) is 0. The number of nitrogens with two attached hydrogens (primary N) is 1. The van der Waals surface area contributed by atoms with Gasteiger partial charge in [-0.3, -0.25) is 14.3 Å². The summed E-state index contributed by atoms with van der Waals surface area (Å²) < 4.78 is 40.5. The van der Waals surface area contributed by atoms with E-state index in [2.05, 4.69) is 15.1 Å². The van der Waals surface area contributed by atoms with Gasteiger partial charge < -0.3 is 15.6 Å². The summed E-state index contributed by atoms with van der Waals surface area (Å²) in [5.41, 5.74) is 5.39. The van der Waals surface area contributed by atoms with E-state index in [9.17, 15) is 22.8 Å². The maximum Gasteiger partial charge on any atom is 0.417 e. The number of primary amides is 1. The molecule has 32 heavy (non-hydrogen) atoms. The lowest BCUT2D eigenvalue weighted by Crippen LogP contribution is -2.42. The molecule has 3 aromatic rings. The molecule has 0 saturated carbocycles. The predicted octanol–water partition coefficient (Wildman–Crippen LogP) is 4.01. The summed E-state index contributed by atoms with van der Waals surface area (Å²) in [5.74, 6) is -1.32. The molecule has 0 fully saturated rings. The minimum atomic E-state index is -4.60. The third-order valence-corrected chi connectivity index (χ3v) is 5.09. The van der Waals surface area contributed by atoms with E-state index < -0.39 is 28.6 Å². The first-order valence-electron chi connectivity index (χ1n) is 8.69. The van der Waals surface area contributed by atoms with Gasteiger partial charge in [0.05, 0.1) is 40.3 Å². The number of nitrogens with zero attached hydrogens (tertiary/aromatic N) is 4. The second-order valence-corrected chi connectivity index (χ2v) is 7.20. The molecule has 4 rings (SSSR count). The van der Waals surface area contributed by atoms with Gasteiger partial charge in [0.15, 0.2) is 5.82 Å². The van der Waals surface area contributed by atoms with Gasteiger partial charge in [-0.05, 0) is 25.1 Å². The minimum absolute atomic E-state index is 0. The Kier molecular flexibility index (Phi) is 7.00. The van der Waals surface area contributed by atoms with Gasteiger partial charge in [0.1, 0.15) is 5.69 Å². The molecule has 0 unspecified atom stereocenters. The Bertz CT molecular complexity index is 1180. The highest BCUT2D eigenvalue weighted by molar-refractivity contribution is 7.59. The van der Waals surface area contributed by atoms with Crippen molar-refractivity contribution in [3.05, 3.63) is 52.7 Å². The Morgan fingerprint density at radius 3 is 2.56 bits per heavy atom. The van der Waals surface area contributed by atoms with E-state index in [1.807, 2.05) is 6.92 Å². The van der Waals surface area contributed by atoms with Crippen molar-refractivity contribution in [2.24, 2.45) is 5.73 Å². The maximum absolute atomic E-state index is 13.2. The van der Waals surface area contributed by atoms with Crippen molar-refractivity contribution in [1.82, 2.24) is 19.7 Å². The molecule has 1 aliphatic rings. The van der Waals surface area contributed by atoms with Gasteiger partial charge in [0, 0.05) is 12.2 Å². The number of nitrogens with one attached hydrogen (secondary N) is 1. The van der Waals surface area contributed by atoms with E-state index in [0.29, 0.717) is 11.3 Å². The van der Waals surface area contributed by atoms with Crippen LogP contribution in [-0.4, -0.2) is 38.1 Å². The number of rotatable bonds is 3. The van der Waals surface area contributed by atoms with E-state index >= 15 is 0 Å². The SMILES string of the molecule is C.C[C@H]1CN(c2ccc(C(F)(F)F)c(Cl)c2)C(=O)c2c(-c3cnc(C(N)=O)[nH]3)cnn21.S. The number of anilines is 1. The fourth-order valence-corrected chi connectivity index (χ4v) is 3.65. The number of hydrogen-bond acceptors (Lipinski definition) is 4. The topological polar surface area (TPSA) is 110 Å². The zero-order valence-corrected chi connectivity index (χ0v) is 17.6. The molecular formula is C19H20ClF3N6O2S. The molecule has 2 aromatic heterocycles. The maximum atomic E-state index is 13.2. The highest BCUT2D eigenvalue weighted by atomic mass is 35.5.